The second-order valence-corrected chi connectivity index (χ2v) is 11.6. The third-order valence-corrected chi connectivity index (χ3v) is 7.29. The van der Waals surface area contributed by atoms with Gasteiger partial charge in [-0.1, -0.05) is 16.4 Å². The van der Waals surface area contributed by atoms with Crippen LogP contribution in [0.2, 0.25) is 0 Å². The van der Waals surface area contributed by atoms with E-state index >= 15 is 0 Å². The highest BCUT2D eigenvalue weighted by atomic mass is 32.2. The van der Waals surface area contributed by atoms with Gasteiger partial charge in [0.1, 0.15) is 6.10 Å². The zero-order chi connectivity index (χ0) is 31.7. The van der Waals surface area contributed by atoms with Gasteiger partial charge in [0.15, 0.2) is 0 Å². The van der Waals surface area contributed by atoms with E-state index in [2.05, 4.69) is 26.6 Å². The average Bonchev–Trinajstić information content (AvgIpc) is 2.94. The first kappa shape index (κ1) is 38.4. The lowest BCUT2D eigenvalue weighted by Crippen LogP contribution is -2.37. The molecule has 21 heteroatoms. The Kier molecular flexibility index (Phi) is 19.1. The molecule has 0 aromatic heterocycles. The number of hydrogen-bond donors (Lipinski definition) is 0. The first-order valence-electron chi connectivity index (χ1n) is 11.1. The summed E-state index contributed by atoms with van der Waals surface area (Å²) in [5, 5.41) is 6.69. The first-order valence-corrected chi connectivity index (χ1v) is 15.6. The topological polar surface area (TPSA) is 186 Å². The van der Waals surface area contributed by atoms with Crippen molar-refractivity contribution in [3.63, 3.8) is 0 Å². The molecular formula is C20H34N6O11S4. The van der Waals surface area contributed by atoms with Crippen LogP contribution in [0, 0.1) is 0 Å². The summed E-state index contributed by atoms with van der Waals surface area (Å²) in [6, 6.07) is 0. The Balaban J connectivity index is 5.27. The molecule has 0 aromatic carbocycles. The van der Waals surface area contributed by atoms with Crippen molar-refractivity contribution in [3.8, 4) is 0 Å². The Bertz CT molecular complexity index is 1040. The van der Waals surface area contributed by atoms with Crippen molar-refractivity contribution in [1.29, 1.82) is 0 Å². The SMILES string of the molecule is C=CCOCC(COS(=O)N(C)C(=O)O/N=C(\SC)C(=O)N(C)C)OS(=O)N(C)C(=O)O/N=C(\SC)C(=O)N(C)C. The largest absolute Gasteiger partial charge is 0.449 e. The van der Waals surface area contributed by atoms with E-state index in [-0.39, 0.29) is 23.3 Å². The number of nitrogens with zero attached hydrogens (tertiary/aromatic N) is 6. The lowest BCUT2D eigenvalue weighted by molar-refractivity contribution is -0.122. The Labute approximate surface area is 252 Å². The quantitative estimate of drug-likeness (QED) is 0.0660. The smallest absolute Gasteiger partial charge is 0.375 e. The van der Waals surface area contributed by atoms with Crippen molar-refractivity contribution in [2.24, 2.45) is 10.3 Å². The zero-order valence-corrected chi connectivity index (χ0v) is 27.1. The molecule has 0 aromatic rings. The number of thioether (sulfide) groups is 2. The van der Waals surface area contributed by atoms with Gasteiger partial charge >= 0.3 is 12.2 Å². The molecule has 234 valence electrons. The van der Waals surface area contributed by atoms with E-state index < -0.39 is 59.2 Å². The van der Waals surface area contributed by atoms with Gasteiger partial charge in [0.2, 0.25) is 10.1 Å². The Morgan fingerprint density at radius 3 is 1.63 bits per heavy atom. The van der Waals surface area contributed by atoms with Crippen LogP contribution in [-0.2, 0) is 54.9 Å². The van der Waals surface area contributed by atoms with Crippen LogP contribution in [-0.4, -0.2) is 142 Å². The number of carbonyl (C=O) groups excluding carboxylic acids is 4. The van der Waals surface area contributed by atoms with E-state index in [0.717, 1.165) is 37.6 Å². The Morgan fingerprint density at radius 2 is 1.24 bits per heavy atom. The number of oxime groups is 2. The summed E-state index contributed by atoms with van der Waals surface area (Å²) >= 11 is -3.04. The molecule has 0 spiro atoms. The zero-order valence-electron chi connectivity index (χ0n) is 23.8. The van der Waals surface area contributed by atoms with Crippen molar-refractivity contribution < 1.29 is 50.4 Å². The maximum Gasteiger partial charge on any atom is 0.449 e. The van der Waals surface area contributed by atoms with Crippen molar-refractivity contribution in [3.05, 3.63) is 12.7 Å². The molecule has 17 nitrogen and oxygen atoms in total. The second kappa shape index (κ2) is 20.3. The van der Waals surface area contributed by atoms with Gasteiger partial charge in [0.05, 0.1) is 19.8 Å². The van der Waals surface area contributed by atoms with Gasteiger partial charge in [-0.05, 0) is 12.5 Å². The van der Waals surface area contributed by atoms with Gasteiger partial charge in [-0.2, -0.15) is 0 Å². The fraction of sp³-hybridized carbons (Fsp3) is 0.600. The molecule has 0 aliphatic carbocycles. The van der Waals surface area contributed by atoms with E-state index in [4.69, 9.17) is 13.1 Å². The summed E-state index contributed by atoms with van der Waals surface area (Å²) < 4.78 is 41.8. The van der Waals surface area contributed by atoms with Crippen molar-refractivity contribution in [1.82, 2.24) is 18.4 Å². The minimum absolute atomic E-state index is 0.0766. The molecule has 0 radical (unpaired) electrons. The third-order valence-electron chi connectivity index (χ3n) is 4.05. The van der Waals surface area contributed by atoms with Gasteiger partial charge in [-0.3, -0.25) is 27.6 Å². The van der Waals surface area contributed by atoms with E-state index in [1.54, 1.807) is 12.5 Å². The molecule has 0 heterocycles. The van der Waals surface area contributed by atoms with E-state index in [1.807, 2.05) is 0 Å². The minimum atomic E-state index is -2.48. The molecule has 3 atom stereocenters. The van der Waals surface area contributed by atoms with Crippen LogP contribution in [0.25, 0.3) is 0 Å². The summed E-state index contributed by atoms with van der Waals surface area (Å²) in [6.45, 7) is 2.80. The molecule has 0 rings (SSSR count). The van der Waals surface area contributed by atoms with Gasteiger partial charge in [-0.25, -0.2) is 26.6 Å². The van der Waals surface area contributed by atoms with Crippen LogP contribution < -0.4 is 0 Å². The molecule has 41 heavy (non-hydrogen) atoms. The predicted octanol–water partition coefficient (Wildman–Crippen LogP) is 0.414. The summed E-state index contributed by atoms with van der Waals surface area (Å²) in [5.74, 6) is -1.02. The number of carbonyl (C=O) groups is 4. The van der Waals surface area contributed by atoms with E-state index in [0.29, 0.717) is 8.61 Å². The molecule has 4 amide bonds. The van der Waals surface area contributed by atoms with Crippen LogP contribution in [0.4, 0.5) is 9.59 Å². The molecule has 0 aliphatic rings. The van der Waals surface area contributed by atoms with Gasteiger partial charge < -0.3 is 14.5 Å². The molecule has 0 N–H and O–H groups in total. The maximum atomic E-state index is 12.6. The second-order valence-electron chi connectivity index (χ2n) is 7.57. The molecule has 0 fully saturated rings. The van der Waals surface area contributed by atoms with Crippen LogP contribution in [0.5, 0.6) is 0 Å². The Morgan fingerprint density at radius 1 is 0.805 bits per heavy atom. The number of rotatable bonds is 13. The average molecular weight is 663 g/mol. The molecular weight excluding hydrogens is 629 g/mol. The minimum Gasteiger partial charge on any atom is -0.375 e. The highest BCUT2D eigenvalue weighted by Gasteiger charge is 2.26. The molecule has 0 saturated heterocycles. The maximum absolute atomic E-state index is 12.6. The summed E-state index contributed by atoms with van der Waals surface area (Å²) in [6.07, 6.45) is 0.951. The molecule has 3 unspecified atom stereocenters. The van der Waals surface area contributed by atoms with Gasteiger partial charge in [0, 0.05) is 42.3 Å². The molecule has 0 bridgehead atoms. The number of amides is 4. The normalized spacial score (nSPS) is 13.9. The summed E-state index contributed by atoms with van der Waals surface area (Å²) in [4.78, 5) is 60.2. The van der Waals surface area contributed by atoms with Crippen molar-refractivity contribution in [2.45, 2.75) is 6.10 Å². The van der Waals surface area contributed by atoms with Crippen LogP contribution >= 0.6 is 23.5 Å². The summed E-state index contributed by atoms with van der Waals surface area (Å²) in [5.41, 5.74) is 0. The standard InChI is InChI=1S/C20H34N6O11S4/c1-10-11-33-12-14(37-41(32)26(7)20(30)36-22-16(39-9)18(28)24(4)5)13-34-40(31)25(6)19(29)35-21-15(38-8)17(27)23(2)3/h10,14H,1,11-13H2,2-9H3/b21-15-,22-16-. The highest BCUT2D eigenvalue weighted by molar-refractivity contribution is 8.15. The van der Waals surface area contributed by atoms with Gasteiger partial charge in [-0.15, -0.1) is 30.1 Å². The highest BCUT2D eigenvalue weighted by Crippen LogP contribution is 2.09. The first-order chi connectivity index (χ1) is 19.2. The fourth-order valence-corrected chi connectivity index (χ4v) is 4.04. The number of ether oxygens (including phenoxy) is 1. The van der Waals surface area contributed by atoms with Crippen LogP contribution in [0.3, 0.4) is 0 Å². The van der Waals surface area contributed by atoms with Crippen molar-refractivity contribution >= 4 is 80.1 Å². The third kappa shape index (κ3) is 14.3. The summed E-state index contributed by atoms with van der Waals surface area (Å²) in [7, 11) is 8.10. The fourth-order valence-electron chi connectivity index (χ4n) is 1.89. The predicted molar refractivity (Wildman–Crippen MR) is 156 cm³/mol. The monoisotopic (exact) mass is 662 g/mol. The van der Waals surface area contributed by atoms with Crippen molar-refractivity contribution in [2.75, 3.05) is 74.6 Å². The van der Waals surface area contributed by atoms with E-state index in [1.165, 1.54) is 44.1 Å². The Hall–Kier alpha value is -2.56. The molecule has 0 aliphatic heterocycles. The number of hydrogen-bond acceptors (Lipinski definition) is 15. The van der Waals surface area contributed by atoms with Crippen LogP contribution in [0.15, 0.2) is 23.0 Å². The van der Waals surface area contributed by atoms with E-state index in [9.17, 15) is 27.6 Å². The lowest BCUT2D eigenvalue weighted by atomic mass is 10.4. The van der Waals surface area contributed by atoms with Crippen LogP contribution in [0.1, 0.15) is 0 Å². The molecule has 0 saturated carbocycles. The lowest BCUT2D eigenvalue weighted by Gasteiger charge is -2.20. The van der Waals surface area contributed by atoms with Gasteiger partial charge in [0.25, 0.3) is 34.3 Å².